The summed E-state index contributed by atoms with van der Waals surface area (Å²) in [5.41, 5.74) is 0.878. The molecule has 1 aromatic rings. The van der Waals surface area contributed by atoms with Crippen molar-refractivity contribution >= 4 is 12.2 Å². The molecule has 17 heavy (non-hydrogen) atoms. The van der Waals surface area contributed by atoms with Crippen LogP contribution in [-0.4, -0.2) is 28.7 Å². The number of carboxylic acid groups (broad SMARTS) is 1. The van der Waals surface area contributed by atoms with Crippen molar-refractivity contribution in [2.45, 2.75) is 18.9 Å². The highest BCUT2D eigenvalue weighted by molar-refractivity contribution is 5.66. The van der Waals surface area contributed by atoms with Crippen molar-refractivity contribution in [3.05, 3.63) is 41.7 Å². The lowest BCUT2D eigenvalue weighted by Crippen LogP contribution is -2.32. The van der Waals surface area contributed by atoms with Crippen LogP contribution in [0.25, 0.3) is 6.08 Å². The Morgan fingerprint density at radius 2 is 2.12 bits per heavy atom. The Kier molecular flexibility index (Phi) is 3.42. The van der Waals surface area contributed by atoms with Crippen LogP contribution in [0.3, 0.4) is 0 Å². The molecular formula is C13H14FNO2. The number of likely N-dealkylation sites (tertiary alicyclic amines) is 1. The van der Waals surface area contributed by atoms with Crippen LogP contribution in [0, 0.1) is 5.82 Å². The second kappa shape index (κ2) is 4.99. The van der Waals surface area contributed by atoms with Gasteiger partial charge >= 0.3 is 6.09 Å². The van der Waals surface area contributed by atoms with Gasteiger partial charge in [0.2, 0.25) is 0 Å². The van der Waals surface area contributed by atoms with E-state index in [1.54, 1.807) is 12.1 Å². The fourth-order valence-electron chi connectivity index (χ4n) is 2.03. The Bertz CT molecular complexity index is 428. The van der Waals surface area contributed by atoms with Gasteiger partial charge in [-0.25, -0.2) is 9.18 Å². The lowest BCUT2D eigenvalue weighted by molar-refractivity contribution is 0.147. The molecule has 1 fully saturated rings. The number of nitrogens with zero attached hydrogens (tertiary/aromatic N) is 1. The van der Waals surface area contributed by atoms with Gasteiger partial charge in [-0.2, -0.15) is 0 Å². The second-order valence-electron chi connectivity index (χ2n) is 4.10. The van der Waals surface area contributed by atoms with E-state index in [-0.39, 0.29) is 11.9 Å². The van der Waals surface area contributed by atoms with Crippen LogP contribution < -0.4 is 0 Å². The standard InChI is InChI=1S/C13H14FNO2/c14-11-6-3-10(4-7-11)5-8-12-2-1-9-15(12)13(16)17/h3-8,12H,1-2,9H2,(H,16,17)/b8-5+/t12-/m1/s1. The average Bonchev–Trinajstić information content (AvgIpc) is 2.76. The smallest absolute Gasteiger partial charge is 0.407 e. The summed E-state index contributed by atoms with van der Waals surface area (Å²) < 4.78 is 12.7. The summed E-state index contributed by atoms with van der Waals surface area (Å²) in [5, 5.41) is 8.96. The van der Waals surface area contributed by atoms with Gasteiger partial charge in [-0.3, -0.25) is 0 Å². The molecule has 4 heteroatoms. The Morgan fingerprint density at radius 3 is 2.76 bits per heavy atom. The molecule has 0 aromatic heterocycles. The lowest BCUT2D eigenvalue weighted by atomic mass is 10.1. The molecule has 3 nitrogen and oxygen atoms in total. The summed E-state index contributed by atoms with van der Waals surface area (Å²) in [5.74, 6) is -0.268. The number of hydrogen-bond donors (Lipinski definition) is 1. The topological polar surface area (TPSA) is 40.5 Å². The van der Waals surface area contributed by atoms with Gasteiger partial charge in [-0.15, -0.1) is 0 Å². The molecule has 1 saturated heterocycles. The zero-order valence-corrected chi connectivity index (χ0v) is 9.34. The quantitative estimate of drug-likeness (QED) is 0.856. The molecule has 1 amide bonds. The molecule has 1 aromatic carbocycles. The van der Waals surface area contributed by atoms with Gasteiger partial charge in [-0.05, 0) is 30.5 Å². The third-order valence-electron chi connectivity index (χ3n) is 2.93. The van der Waals surface area contributed by atoms with Crippen LogP contribution in [0.1, 0.15) is 18.4 Å². The number of hydrogen-bond acceptors (Lipinski definition) is 1. The van der Waals surface area contributed by atoms with Crippen molar-refractivity contribution in [1.82, 2.24) is 4.90 Å². The fraction of sp³-hybridized carbons (Fsp3) is 0.308. The summed E-state index contributed by atoms with van der Waals surface area (Å²) in [6, 6.07) is 6.07. The molecule has 2 rings (SSSR count). The third kappa shape index (κ3) is 2.84. The number of halogens is 1. The maximum atomic E-state index is 12.7. The van der Waals surface area contributed by atoms with Crippen molar-refractivity contribution in [2.24, 2.45) is 0 Å². The molecule has 0 radical (unpaired) electrons. The van der Waals surface area contributed by atoms with Crippen LogP contribution in [0.15, 0.2) is 30.3 Å². The van der Waals surface area contributed by atoms with Crippen LogP contribution >= 0.6 is 0 Å². The maximum Gasteiger partial charge on any atom is 0.407 e. The first kappa shape index (κ1) is 11.6. The van der Waals surface area contributed by atoms with Crippen molar-refractivity contribution in [3.63, 3.8) is 0 Å². The van der Waals surface area contributed by atoms with Crippen LogP contribution in [0.5, 0.6) is 0 Å². The summed E-state index contributed by atoms with van der Waals surface area (Å²) in [4.78, 5) is 12.3. The predicted octanol–water partition coefficient (Wildman–Crippen LogP) is 2.98. The normalized spacial score (nSPS) is 20.1. The van der Waals surface area contributed by atoms with E-state index >= 15 is 0 Å². The molecule has 1 aliphatic heterocycles. The summed E-state index contributed by atoms with van der Waals surface area (Å²) >= 11 is 0. The van der Waals surface area contributed by atoms with Gasteiger partial charge in [-0.1, -0.05) is 24.3 Å². The van der Waals surface area contributed by atoms with Gasteiger partial charge in [0.1, 0.15) is 5.82 Å². The van der Waals surface area contributed by atoms with E-state index in [0.717, 1.165) is 18.4 Å². The molecular weight excluding hydrogens is 221 g/mol. The maximum absolute atomic E-state index is 12.7. The molecule has 1 aliphatic rings. The molecule has 1 heterocycles. The first-order chi connectivity index (χ1) is 8.16. The molecule has 0 aliphatic carbocycles. The highest BCUT2D eigenvalue weighted by Crippen LogP contribution is 2.19. The SMILES string of the molecule is O=C(O)N1CCC[C@@H]1/C=C/c1ccc(F)cc1. The van der Waals surface area contributed by atoms with Crippen molar-refractivity contribution in [2.75, 3.05) is 6.54 Å². The Morgan fingerprint density at radius 1 is 1.41 bits per heavy atom. The molecule has 0 saturated carbocycles. The van der Waals surface area contributed by atoms with Crippen molar-refractivity contribution in [1.29, 1.82) is 0 Å². The second-order valence-corrected chi connectivity index (χ2v) is 4.10. The monoisotopic (exact) mass is 235 g/mol. The Labute approximate surface area is 99.2 Å². The fourth-order valence-corrected chi connectivity index (χ4v) is 2.03. The largest absolute Gasteiger partial charge is 0.465 e. The number of carbonyl (C=O) groups is 1. The van der Waals surface area contributed by atoms with Crippen molar-refractivity contribution in [3.8, 4) is 0 Å². The van der Waals surface area contributed by atoms with E-state index in [1.165, 1.54) is 17.0 Å². The Hall–Kier alpha value is -1.84. The minimum Gasteiger partial charge on any atom is -0.465 e. The number of rotatable bonds is 2. The van der Waals surface area contributed by atoms with E-state index in [1.807, 2.05) is 12.2 Å². The van der Waals surface area contributed by atoms with E-state index in [0.29, 0.717) is 6.54 Å². The van der Waals surface area contributed by atoms with Gasteiger partial charge in [0.25, 0.3) is 0 Å². The average molecular weight is 235 g/mol. The van der Waals surface area contributed by atoms with Crippen LogP contribution in [0.4, 0.5) is 9.18 Å². The van der Waals surface area contributed by atoms with E-state index in [2.05, 4.69) is 0 Å². The summed E-state index contributed by atoms with van der Waals surface area (Å²) in [6.07, 6.45) is 4.57. The number of benzene rings is 1. The van der Waals surface area contributed by atoms with Gasteiger partial charge in [0.15, 0.2) is 0 Å². The first-order valence-corrected chi connectivity index (χ1v) is 5.60. The van der Waals surface area contributed by atoms with E-state index < -0.39 is 6.09 Å². The molecule has 0 unspecified atom stereocenters. The summed E-state index contributed by atoms with van der Waals surface area (Å²) in [7, 11) is 0. The van der Waals surface area contributed by atoms with Crippen LogP contribution in [0.2, 0.25) is 0 Å². The zero-order chi connectivity index (χ0) is 12.3. The zero-order valence-electron chi connectivity index (χ0n) is 9.34. The highest BCUT2D eigenvalue weighted by Gasteiger charge is 2.25. The van der Waals surface area contributed by atoms with Gasteiger partial charge in [0.05, 0.1) is 6.04 Å². The van der Waals surface area contributed by atoms with Gasteiger partial charge < -0.3 is 10.0 Å². The lowest BCUT2D eigenvalue weighted by Gasteiger charge is -2.17. The first-order valence-electron chi connectivity index (χ1n) is 5.60. The van der Waals surface area contributed by atoms with E-state index in [4.69, 9.17) is 5.11 Å². The van der Waals surface area contributed by atoms with Crippen LogP contribution in [-0.2, 0) is 0 Å². The minimum atomic E-state index is -0.878. The third-order valence-corrected chi connectivity index (χ3v) is 2.93. The van der Waals surface area contributed by atoms with E-state index in [9.17, 15) is 9.18 Å². The Balaban J connectivity index is 2.05. The highest BCUT2D eigenvalue weighted by atomic mass is 19.1. The summed E-state index contributed by atoms with van der Waals surface area (Å²) in [6.45, 7) is 0.591. The molecule has 1 N–H and O–H groups in total. The number of amides is 1. The molecule has 0 bridgehead atoms. The molecule has 90 valence electrons. The van der Waals surface area contributed by atoms with Gasteiger partial charge in [0, 0.05) is 6.54 Å². The minimum absolute atomic E-state index is 0.0578. The molecule has 1 atom stereocenters. The predicted molar refractivity (Wildman–Crippen MR) is 63.2 cm³/mol. The van der Waals surface area contributed by atoms with Crippen molar-refractivity contribution < 1.29 is 14.3 Å². The molecule has 0 spiro atoms.